The highest BCUT2D eigenvalue weighted by Gasteiger charge is 2.58. The molecule has 0 amide bonds. The first-order valence-corrected chi connectivity index (χ1v) is 9.20. The standard InChI is InChI=1S/C16H15Cl2NO2S/c17-11-4-6-13(7-5-11)22(20,21)16-14(9-19)15(16)10-2-1-3-12(18)8-10/h1-8,14-16H,9,19H2/t14-,15-,16+/m0/s1. The van der Waals surface area contributed by atoms with Gasteiger partial charge in [-0.05, 0) is 54.4 Å². The van der Waals surface area contributed by atoms with Crippen LogP contribution in [0.2, 0.25) is 10.0 Å². The second kappa shape index (κ2) is 5.85. The molecular formula is C16H15Cl2NO2S. The second-order valence-electron chi connectivity index (χ2n) is 5.44. The van der Waals surface area contributed by atoms with Crippen molar-refractivity contribution in [3.63, 3.8) is 0 Å². The summed E-state index contributed by atoms with van der Waals surface area (Å²) in [6, 6.07) is 13.6. The van der Waals surface area contributed by atoms with E-state index in [1.165, 1.54) is 0 Å². The molecule has 1 aliphatic carbocycles. The van der Waals surface area contributed by atoms with Gasteiger partial charge in [-0.1, -0.05) is 35.3 Å². The molecule has 0 radical (unpaired) electrons. The maximum absolute atomic E-state index is 12.8. The quantitative estimate of drug-likeness (QED) is 0.912. The van der Waals surface area contributed by atoms with Crippen molar-refractivity contribution in [3.8, 4) is 0 Å². The summed E-state index contributed by atoms with van der Waals surface area (Å²) in [4.78, 5) is 0.282. The average Bonchev–Trinajstić information content (AvgIpc) is 3.23. The van der Waals surface area contributed by atoms with Crippen molar-refractivity contribution < 1.29 is 8.42 Å². The lowest BCUT2D eigenvalue weighted by Crippen LogP contribution is -2.13. The molecule has 3 atom stereocenters. The lowest BCUT2D eigenvalue weighted by Gasteiger charge is -2.05. The predicted molar refractivity (Wildman–Crippen MR) is 89.2 cm³/mol. The molecule has 0 aliphatic heterocycles. The highest BCUT2D eigenvalue weighted by atomic mass is 35.5. The Hall–Kier alpha value is -1.07. The van der Waals surface area contributed by atoms with Crippen LogP contribution in [0, 0.1) is 5.92 Å². The minimum atomic E-state index is -3.44. The Morgan fingerprint density at radius 1 is 1.00 bits per heavy atom. The maximum Gasteiger partial charge on any atom is 0.182 e. The Kier molecular flexibility index (Phi) is 4.21. The molecule has 3 nitrogen and oxygen atoms in total. The van der Waals surface area contributed by atoms with E-state index in [2.05, 4.69) is 0 Å². The van der Waals surface area contributed by atoms with Crippen LogP contribution in [0.1, 0.15) is 11.5 Å². The largest absolute Gasteiger partial charge is 0.330 e. The van der Waals surface area contributed by atoms with Gasteiger partial charge in [0.15, 0.2) is 9.84 Å². The number of benzene rings is 2. The Morgan fingerprint density at radius 2 is 1.68 bits per heavy atom. The lowest BCUT2D eigenvalue weighted by molar-refractivity contribution is 0.591. The van der Waals surface area contributed by atoms with Gasteiger partial charge in [-0.25, -0.2) is 8.42 Å². The highest BCUT2D eigenvalue weighted by Crippen LogP contribution is 2.53. The van der Waals surface area contributed by atoms with Gasteiger partial charge in [-0.2, -0.15) is 0 Å². The van der Waals surface area contributed by atoms with Crippen LogP contribution < -0.4 is 5.73 Å². The molecule has 2 aromatic carbocycles. The zero-order valence-corrected chi connectivity index (χ0v) is 13.9. The SMILES string of the molecule is NC[C@H]1[C@H](c2cccc(Cl)c2)[C@@H]1S(=O)(=O)c1ccc(Cl)cc1. The smallest absolute Gasteiger partial charge is 0.182 e. The van der Waals surface area contributed by atoms with Gasteiger partial charge in [-0.15, -0.1) is 0 Å². The summed E-state index contributed by atoms with van der Waals surface area (Å²) in [7, 11) is -3.44. The predicted octanol–water partition coefficient (Wildman–Crippen LogP) is 3.51. The van der Waals surface area contributed by atoms with Crippen LogP contribution in [0.25, 0.3) is 0 Å². The van der Waals surface area contributed by atoms with Gasteiger partial charge in [0.25, 0.3) is 0 Å². The molecule has 0 aromatic heterocycles. The van der Waals surface area contributed by atoms with E-state index in [4.69, 9.17) is 28.9 Å². The fourth-order valence-corrected chi connectivity index (χ4v) is 5.53. The molecule has 1 aliphatic rings. The summed E-state index contributed by atoms with van der Waals surface area (Å²) >= 11 is 11.8. The molecule has 3 rings (SSSR count). The van der Waals surface area contributed by atoms with Gasteiger partial charge in [0.1, 0.15) is 0 Å². The molecule has 0 bridgehead atoms. The molecule has 0 spiro atoms. The van der Waals surface area contributed by atoms with Crippen molar-refractivity contribution in [1.82, 2.24) is 0 Å². The van der Waals surface area contributed by atoms with Crippen molar-refractivity contribution in [3.05, 3.63) is 64.1 Å². The summed E-state index contributed by atoms with van der Waals surface area (Å²) in [6.07, 6.45) is 0. The zero-order chi connectivity index (χ0) is 15.9. The van der Waals surface area contributed by atoms with E-state index in [0.717, 1.165) is 5.56 Å². The van der Waals surface area contributed by atoms with Gasteiger partial charge >= 0.3 is 0 Å². The molecule has 1 fully saturated rings. The monoisotopic (exact) mass is 355 g/mol. The van der Waals surface area contributed by atoms with Crippen LogP contribution in [-0.2, 0) is 9.84 Å². The average molecular weight is 356 g/mol. The molecule has 0 saturated heterocycles. The first-order chi connectivity index (χ1) is 10.4. The van der Waals surface area contributed by atoms with Gasteiger partial charge in [0.2, 0.25) is 0 Å². The van der Waals surface area contributed by atoms with E-state index in [1.54, 1.807) is 30.3 Å². The van der Waals surface area contributed by atoms with E-state index in [9.17, 15) is 8.42 Å². The van der Waals surface area contributed by atoms with E-state index in [0.29, 0.717) is 16.6 Å². The van der Waals surface area contributed by atoms with Crippen LogP contribution in [0.3, 0.4) is 0 Å². The molecular weight excluding hydrogens is 341 g/mol. The fraction of sp³-hybridized carbons (Fsp3) is 0.250. The highest BCUT2D eigenvalue weighted by molar-refractivity contribution is 7.92. The molecule has 0 heterocycles. The summed E-state index contributed by atoms with van der Waals surface area (Å²) in [5.41, 5.74) is 6.69. The normalized spacial score (nSPS) is 24.2. The molecule has 116 valence electrons. The summed E-state index contributed by atoms with van der Waals surface area (Å²) in [5, 5.41) is 0.608. The maximum atomic E-state index is 12.8. The molecule has 2 aromatic rings. The fourth-order valence-electron chi connectivity index (χ4n) is 2.98. The van der Waals surface area contributed by atoms with Crippen LogP contribution >= 0.6 is 23.2 Å². The van der Waals surface area contributed by atoms with Gasteiger partial charge < -0.3 is 5.73 Å². The molecule has 0 unspecified atom stereocenters. The van der Waals surface area contributed by atoms with Crippen molar-refractivity contribution in [2.75, 3.05) is 6.54 Å². The van der Waals surface area contributed by atoms with Crippen LogP contribution in [0.5, 0.6) is 0 Å². The minimum absolute atomic E-state index is 0.0841. The van der Waals surface area contributed by atoms with Crippen molar-refractivity contribution in [2.24, 2.45) is 11.7 Å². The number of rotatable bonds is 4. The van der Waals surface area contributed by atoms with Crippen LogP contribution in [0.15, 0.2) is 53.4 Å². The van der Waals surface area contributed by atoms with Crippen LogP contribution in [0.4, 0.5) is 0 Å². The number of halogens is 2. The van der Waals surface area contributed by atoms with Gasteiger partial charge in [-0.3, -0.25) is 0 Å². The van der Waals surface area contributed by atoms with Gasteiger partial charge in [0.05, 0.1) is 10.1 Å². The zero-order valence-electron chi connectivity index (χ0n) is 11.6. The Labute approximate surface area is 140 Å². The summed E-state index contributed by atoms with van der Waals surface area (Å²) in [5.74, 6) is -0.191. The minimum Gasteiger partial charge on any atom is -0.330 e. The number of hydrogen-bond donors (Lipinski definition) is 1. The van der Waals surface area contributed by atoms with Crippen molar-refractivity contribution in [1.29, 1.82) is 0 Å². The first-order valence-electron chi connectivity index (χ1n) is 6.90. The molecule has 22 heavy (non-hydrogen) atoms. The summed E-state index contributed by atoms with van der Waals surface area (Å²) < 4.78 is 25.6. The number of sulfone groups is 1. The lowest BCUT2D eigenvalue weighted by atomic mass is 10.1. The Morgan fingerprint density at radius 3 is 2.27 bits per heavy atom. The van der Waals surface area contributed by atoms with E-state index in [1.807, 2.05) is 18.2 Å². The van der Waals surface area contributed by atoms with E-state index >= 15 is 0 Å². The number of hydrogen-bond acceptors (Lipinski definition) is 3. The van der Waals surface area contributed by atoms with Crippen LogP contribution in [-0.4, -0.2) is 20.2 Å². The third kappa shape index (κ3) is 2.76. The summed E-state index contributed by atoms with van der Waals surface area (Å²) in [6.45, 7) is 0.328. The molecule has 2 N–H and O–H groups in total. The van der Waals surface area contributed by atoms with Crippen molar-refractivity contribution in [2.45, 2.75) is 16.1 Å². The topological polar surface area (TPSA) is 60.2 Å². The van der Waals surface area contributed by atoms with Gasteiger partial charge in [0, 0.05) is 16.0 Å². The third-order valence-corrected chi connectivity index (χ3v) is 6.88. The van der Waals surface area contributed by atoms with E-state index in [-0.39, 0.29) is 16.7 Å². The first kappa shape index (κ1) is 15.8. The van der Waals surface area contributed by atoms with Crippen molar-refractivity contribution >= 4 is 33.0 Å². The number of nitrogens with two attached hydrogens (primary N) is 1. The molecule has 1 saturated carbocycles. The Bertz CT molecular complexity index is 790. The third-order valence-electron chi connectivity index (χ3n) is 4.10. The van der Waals surface area contributed by atoms with E-state index < -0.39 is 15.1 Å². The Balaban J connectivity index is 1.95. The molecule has 6 heteroatoms. The second-order valence-corrected chi connectivity index (χ2v) is 8.42.